The van der Waals surface area contributed by atoms with Gasteiger partial charge in [0.05, 0.1) is 22.9 Å². The van der Waals surface area contributed by atoms with Gasteiger partial charge in [-0.1, -0.05) is 12.1 Å². The normalized spacial score (nSPS) is 10.9. The van der Waals surface area contributed by atoms with E-state index in [4.69, 9.17) is 0 Å². The van der Waals surface area contributed by atoms with Gasteiger partial charge in [-0.3, -0.25) is 4.98 Å². The number of halogens is 1. The molecule has 0 unspecified atom stereocenters. The van der Waals surface area contributed by atoms with Crippen LogP contribution in [-0.2, 0) is 0 Å². The first-order chi connectivity index (χ1) is 11.8. The fourth-order valence-electron chi connectivity index (χ4n) is 2.25. The van der Waals surface area contributed by atoms with E-state index in [1.54, 1.807) is 36.8 Å². The van der Waals surface area contributed by atoms with Gasteiger partial charge in [0, 0.05) is 17.3 Å². The zero-order valence-corrected chi connectivity index (χ0v) is 13.2. The Hall–Kier alpha value is -2.93. The highest BCUT2D eigenvalue weighted by Crippen LogP contribution is 2.26. The average Bonchev–Trinajstić information content (AvgIpc) is 3.05. The first-order valence-electron chi connectivity index (χ1n) is 7.23. The topological polar surface area (TPSA) is 66.5 Å². The fourth-order valence-corrected chi connectivity index (χ4v) is 2.96. The second-order valence-corrected chi connectivity index (χ2v) is 5.92. The number of H-pyrrole nitrogens is 1. The van der Waals surface area contributed by atoms with Gasteiger partial charge >= 0.3 is 0 Å². The predicted octanol–water partition coefficient (Wildman–Crippen LogP) is 4.28. The van der Waals surface area contributed by atoms with E-state index in [9.17, 15) is 4.39 Å². The molecule has 0 bridgehead atoms. The number of benzene rings is 2. The van der Waals surface area contributed by atoms with E-state index in [0.717, 1.165) is 15.9 Å². The summed E-state index contributed by atoms with van der Waals surface area (Å²) >= 11 is 1.34. The molecule has 0 aliphatic carbocycles. The van der Waals surface area contributed by atoms with E-state index < -0.39 is 0 Å². The largest absolute Gasteiger partial charge is 0.337 e. The number of nitrogens with one attached hydrogen (secondary N) is 2. The molecule has 118 valence electrons. The molecule has 2 heterocycles. The summed E-state index contributed by atoms with van der Waals surface area (Å²) < 4.78 is 16.6. The summed E-state index contributed by atoms with van der Waals surface area (Å²) in [4.78, 5) is 17.0. The van der Waals surface area contributed by atoms with Crippen LogP contribution in [0.3, 0.4) is 0 Å². The molecule has 4 aromatic rings. The van der Waals surface area contributed by atoms with E-state index in [2.05, 4.69) is 24.7 Å². The minimum atomic E-state index is -0.280. The van der Waals surface area contributed by atoms with Gasteiger partial charge in [0.15, 0.2) is 5.82 Å². The van der Waals surface area contributed by atoms with E-state index in [-0.39, 0.29) is 5.82 Å². The molecule has 0 radical (unpaired) electrons. The van der Waals surface area contributed by atoms with E-state index >= 15 is 0 Å². The molecule has 0 aliphatic rings. The molecule has 0 fully saturated rings. The summed E-state index contributed by atoms with van der Waals surface area (Å²) in [5.74, 6) is 0.389. The van der Waals surface area contributed by atoms with Crippen molar-refractivity contribution in [2.75, 3.05) is 4.72 Å². The number of nitrogens with zero attached hydrogens (tertiary/aromatic N) is 3. The van der Waals surface area contributed by atoms with Crippen LogP contribution in [0, 0.1) is 5.82 Å². The Balaban J connectivity index is 1.58. The number of aromatic nitrogens is 4. The average molecular weight is 337 g/mol. The van der Waals surface area contributed by atoms with Crippen molar-refractivity contribution < 1.29 is 4.39 Å². The molecular weight excluding hydrogens is 325 g/mol. The minimum Gasteiger partial charge on any atom is -0.337 e. The Morgan fingerprint density at radius 3 is 2.83 bits per heavy atom. The number of rotatable bonds is 4. The van der Waals surface area contributed by atoms with Crippen molar-refractivity contribution in [2.24, 2.45) is 0 Å². The van der Waals surface area contributed by atoms with Crippen molar-refractivity contribution >= 4 is 28.7 Å². The maximum absolute atomic E-state index is 13.6. The lowest BCUT2D eigenvalue weighted by Crippen LogP contribution is -1.90. The van der Waals surface area contributed by atoms with E-state index in [0.29, 0.717) is 17.2 Å². The number of para-hydroxylation sites is 1. The summed E-state index contributed by atoms with van der Waals surface area (Å²) in [5, 5.41) is 0. The van der Waals surface area contributed by atoms with Gasteiger partial charge in [-0.15, -0.1) is 0 Å². The van der Waals surface area contributed by atoms with Crippen LogP contribution in [0.2, 0.25) is 0 Å². The molecule has 0 saturated heterocycles. The predicted molar refractivity (Wildman–Crippen MR) is 93.0 cm³/mol. The summed E-state index contributed by atoms with van der Waals surface area (Å²) in [6, 6.07) is 12.4. The SMILES string of the molecule is Fc1ccccc1NSc1ccc2nc(-c3cnccn3)[nH]c2c1. The Morgan fingerprint density at radius 2 is 2.00 bits per heavy atom. The highest BCUT2D eigenvalue weighted by molar-refractivity contribution is 8.00. The molecule has 7 heteroatoms. The van der Waals surface area contributed by atoms with Crippen LogP contribution >= 0.6 is 11.9 Å². The van der Waals surface area contributed by atoms with Crippen LogP contribution in [0.1, 0.15) is 0 Å². The second-order valence-electron chi connectivity index (χ2n) is 5.04. The van der Waals surface area contributed by atoms with Gasteiger partial charge in [-0.2, -0.15) is 0 Å². The first kappa shape index (κ1) is 14.6. The van der Waals surface area contributed by atoms with E-state index in [1.165, 1.54) is 18.0 Å². The van der Waals surface area contributed by atoms with Gasteiger partial charge in [-0.05, 0) is 42.3 Å². The molecule has 0 amide bonds. The number of hydrogen-bond acceptors (Lipinski definition) is 5. The standard InChI is InChI=1S/C17H12FN5S/c18-12-3-1-2-4-13(12)23-24-11-5-6-14-15(9-11)22-17(21-14)16-10-19-7-8-20-16/h1-10,23H,(H,21,22). The highest BCUT2D eigenvalue weighted by atomic mass is 32.2. The number of hydrogen-bond donors (Lipinski definition) is 2. The van der Waals surface area contributed by atoms with Gasteiger partial charge in [0.25, 0.3) is 0 Å². The fraction of sp³-hybridized carbons (Fsp3) is 0. The Morgan fingerprint density at radius 1 is 1.08 bits per heavy atom. The quantitative estimate of drug-likeness (QED) is 0.544. The lowest BCUT2D eigenvalue weighted by Gasteiger charge is -2.06. The van der Waals surface area contributed by atoms with Crippen LogP contribution in [-0.4, -0.2) is 19.9 Å². The maximum Gasteiger partial charge on any atom is 0.158 e. The van der Waals surface area contributed by atoms with Gasteiger partial charge < -0.3 is 9.71 Å². The molecule has 0 saturated carbocycles. The molecular formula is C17H12FN5S. The summed E-state index contributed by atoms with van der Waals surface area (Å²) in [6.45, 7) is 0. The molecule has 0 atom stereocenters. The monoisotopic (exact) mass is 337 g/mol. The molecule has 2 aromatic heterocycles. The van der Waals surface area contributed by atoms with Gasteiger partial charge in [0.2, 0.25) is 0 Å². The molecule has 24 heavy (non-hydrogen) atoms. The lowest BCUT2D eigenvalue weighted by atomic mass is 10.3. The van der Waals surface area contributed by atoms with Crippen molar-refractivity contribution in [3.63, 3.8) is 0 Å². The first-order valence-corrected chi connectivity index (χ1v) is 8.05. The third kappa shape index (κ3) is 2.93. The number of aromatic amines is 1. The summed E-state index contributed by atoms with van der Waals surface area (Å²) in [5.41, 5.74) is 2.86. The van der Waals surface area contributed by atoms with Crippen LogP contribution in [0.5, 0.6) is 0 Å². The van der Waals surface area contributed by atoms with Crippen LogP contribution in [0.4, 0.5) is 10.1 Å². The van der Waals surface area contributed by atoms with Gasteiger partial charge in [-0.25, -0.2) is 14.4 Å². The molecule has 0 spiro atoms. The summed E-state index contributed by atoms with van der Waals surface area (Å²) in [6.07, 6.45) is 4.91. The van der Waals surface area contributed by atoms with Gasteiger partial charge in [0.1, 0.15) is 11.5 Å². The Labute approximate surface area is 141 Å². The molecule has 5 nitrogen and oxygen atoms in total. The van der Waals surface area contributed by atoms with Crippen molar-refractivity contribution in [3.8, 4) is 11.5 Å². The van der Waals surface area contributed by atoms with Crippen molar-refractivity contribution in [2.45, 2.75) is 4.90 Å². The lowest BCUT2D eigenvalue weighted by molar-refractivity contribution is 0.632. The molecule has 4 rings (SSSR count). The third-order valence-corrected chi connectivity index (χ3v) is 4.22. The molecule has 2 N–H and O–H groups in total. The number of anilines is 1. The Bertz CT molecular complexity index is 987. The van der Waals surface area contributed by atoms with Crippen molar-refractivity contribution in [1.82, 2.24) is 19.9 Å². The number of imidazole rings is 1. The molecule has 2 aromatic carbocycles. The minimum absolute atomic E-state index is 0.280. The third-order valence-electron chi connectivity index (χ3n) is 3.41. The Kier molecular flexibility index (Phi) is 3.84. The van der Waals surface area contributed by atoms with Crippen molar-refractivity contribution in [1.29, 1.82) is 0 Å². The zero-order valence-electron chi connectivity index (χ0n) is 12.4. The smallest absolute Gasteiger partial charge is 0.158 e. The molecule has 0 aliphatic heterocycles. The van der Waals surface area contributed by atoms with Crippen LogP contribution < -0.4 is 4.72 Å². The maximum atomic E-state index is 13.6. The number of fused-ring (bicyclic) bond motifs is 1. The van der Waals surface area contributed by atoms with Crippen LogP contribution in [0.15, 0.2) is 66.0 Å². The zero-order chi connectivity index (χ0) is 16.4. The van der Waals surface area contributed by atoms with E-state index in [1.807, 2.05) is 18.2 Å². The van der Waals surface area contributed by atoms with Crippen LogP contribution in [0.25, 0.3) is 22.6 Å². The summed E-state index contributed by atoms with van der Waals surface area (Å²) in [7, 11) is 0. The second kappa shape index (κ2) is 6.29. The van der Waals surface area contributed by atoms with Crippen molar-refractivity contribution in [3.05, 3.63) is 66.9 Å². The highest BCUT2D eigenvalue weighted by Gasteiger charge is 2.08.